The van der Waals surface area contributed by atoms with Gasteiger partial charge in [0.15, 0.2) is 0 Å². The summed E-state index contributed by atoms with van der Waals surface area (Å²) in [4.78, 5) is 18.1. The van der Waals surface area contributed by atoms with E-state index in [4.69, 9.17) is 0 Å². The number of anilines is 1. The monoisotopic (exact) mass is 334 g/mol. The van der Waals surface area contributed by atoms with Gasteiger partial charge in [0.25, 0.3) is 0 Å². The molecule has 3 nitrogen and oxygen atoms in total. The van der Waals surface area contributed by atoms with Gasteiger partial charge >= 0.3 is 0 Å². The van der Waals surface area contributed by atoms with Crippen LogP contribution in [0.2, 0.25) is 0 Å². The minimum Gasteiger partial charge on any atom is -0.279 e. The van der Waals surface area contributed by atoms with E-state index in [2.05, 4.69) is 20.9 Å². The molecule has 2 aromatic rings. The zero-order chi connectivity index (χ0) is 13.2. The van der Waals surface area contributed by atoms with Gasteiger partial charge in [-0.2, -0.15) is 0 Å². The van der Waals surface area contributed by atoms with E-state index in [1.54, 1.807) is 22.9 Å². The molecule has 1 aliphatic heterocycles. The first-order valence-corrected chi connectivity index (χ1v) is 7.70. The van der Waals surface area contributed by atoms with Gasteiger partial charge in [0.05, 0.1) is 5.75 Å². The van der Waals surface area contributed by atoms with Gasteiger partial charge in [0.1, 0.15) is 11.2 Å². The third-order valence-corrected chi connectivity index (χ3v) is 4.66. The summed E-state index contributed by atoms with van der Waals surface area (Å²) >= 11 is 5.06. The standard InChI is InChI=1S/C14H11BrN2OS/c15-11-6-4-10(5-7-11)14-17(13(18)9-19-14)12-3-1-2-8-16-12/h1-8,14H,9H2/t14-/m0/s1. The summed E-state index contributed by atoms with van der Waals surface area (Å²) in [6.07, 6.45) is 1.71. The third-order valence-electron chi connectivity index (χ3n) is 2.92. The zero-order valence-electron chi connectivity index (χ0n) is 9.99. The molecule has 1 aromatic carbocycles. The van der Waals surface area contributed by atoms with Crippen molar-refractivity contribution in [1.29, 1.82) is 0 Å². The molecule has 0 radical (unpaired) electrons. The fourth-order valence-corrected chi connectivity index (χ4v) is 3.47. The molecule has 96 valence electrons. The van der Waals surface area contributed by atoms with Crippen molar-refractivity contribution in [1.82, 2.24) is 4.98 Å². The summed E-state index contributed by atoms with van der Waals surface area (Å²) in [6, 6.07) is 13.7. The van der Waals surface area contributed by atoms with Crippen LogP contribution in [0.5, 0.6) is 0 Å². The molecule has 2 heterocycles. The second kappa shape index (κ2) is 5.35. The molecule has 0 unspecified atom stereocenters. The minimum absolute atomic E-state index is 0.00972. The molecule has 3 rings (SSSR count). The van der Waals surface area contributed by atoms with Crippen LogP contribution < -0.4 is 4.90 Å². The molecule has 1 fully saturated rings. The van der Waals surface area contributed by atoms with E-state index in [1.807, 2.05) is 42.5 Å². The maximum atomic E-state index is 12.1. The summed E-state index contributed by atoms with van der Waals surface area (Å²) < 4.78 is 1.04. The van der Waals surface area contributed by atoms with Crippen molar-refractivity contribution in [2.24, 2.45) is 0 Å². The van der Waals surface area contributed by atoms with Crippen molar-refractivity contribution in [3.8, 4) is 0 Å². The minimum atomic E-state index is 0.00972. The Balaban J connectivity index is 1.97. The molecule has 0 aliphatic carbocycles. The number of halogens is 1. The highest BCUT2D eigenvalue weighted by molar-refractivity contribution is 9.10. The largest absolute Gasteiger partial charge is 0.279 e. The van der Waals surface area contributed by atoms with E-state index in [-0.39, 0.29) is 11.3 Å². The number of pyridine rings is 1. The highest BCUT2D eigenvalue weighted by Gasteiger charge is 2.34. The Hall–Kier alpha value is -1.33. The first-order chi connectivity index (χ1) is 9.25. The van der Waals surface area contributed by atoms with Gasteiger partial charge in [0, 0.05) is 10.7 Å². The molecular weight excluding hydrogens is 324 g/mol. The molecule has 1 amide bonds. The van der Waals surface area contributed by atoms with Crippen molar-refractivity contribution in [3.05, 3.63) is 58.7 Å². The lowest BCUT2D eigenvalue weighted by molar-refractivity contribution is -0.115. The van der Waals surface area contributed by atoms with Gasteiger partial charge in [-0.05, 0) is 29.8 Å². The summed E-state index contributed by atoms with van der Waals surface area (Å²) in [5.74, 6) is 1.32. The predicted octanol–water partition coefficient (Wildman–Crippen LogP) is 3.62. The van der Waals surface area contributed by atoms with Gasteiger partial charge < -0.3 is 0 Å². The molecule has 1 aliphatic rings. The lowest BCUT2D eigenvalue weighted by atomic mass is 10.2. The number of amides is 1. The maximum Gasteiger partial charge on any atom is 0.239 e. The highest BCUT2D eigenvalue weighted by atomic mass is 79.9. The normalized spacial score (nSPS) is 18.9. The molecular formula is C14H11BrN2OS. The lowest BCUT2D eigenvalue weighted by Crippen LogP contribution is -2.28. The summed E-state index contributed by atoms with van der Waals surface area (Å²) in [6.45, 7) is 0. The Bertz CT molecular complexity index is 588. The molecule has 1 aromatic heterocycles. The fourth-order valence-electron chi connectivity index (χ4n) is 2.04. The van der Waals surface area contributed by atoms with E-state index in [0.717, 1.165) is 10.0 Å². The highest BCUT2D eigenvalue weighted by Crippen LogP contribution is 2.41. The summed E-state index contributed by atoms with van der Waals surface area (Å²) in [5.41, 5.74) is 1.12. The molecule has 1 saturated heterocycles. The van der Waals surface area contributed by atoms with Gasteiger partial charge in [-0.25, -0.2) is 4.98 Å². The van der Waals surface area contributed by atoms with Crippen LogP contribution in [0.3, 0.4) is 0 Å². The van der Waals surface area contributed by atoms with Crippen molar-refractivity contribution in [3.63, 3.8) is 0 Å². The van der Waals surface area contributed by atoms with E-state index < -0.39 is 0 Å². The van der Waals surface area contributed by atoms with Crippen LogP contribution in [-0.4, -0.2) is 16.6 Å². The SMILES string of the molecule is O=C1CS[C@@H](c2ccc(Br)cc2)N1c1ccccn1. The second-order valence-electron chi connectivity index (χ2n) is 4.17. The first-order valence-electron chi connectivity index (χ1n) is 5.86. The number of benzene rings is 1. The van der Waals surface area contributed by atoms with E-state index in [0.29, 0.717) is 11.6 Å². The molecule has 0 spiro atoms. The van der Waals surface area contributed by atoms with E-state index in [9.17, 15) is 4.79 Å². The van der Waals surface area contributed by atoms with Crippen molar-refractivity contribution >= 4 is 39.4 Å². The predicted molar refractivity (Wildman–Crippen MR) is 81.1 cm³/mol. The Morgan fingerprint density at radius 3 is 2.68 bits per heavy atom. The molecule has 1 atom stereocenters. The molecule has 0 bridgehead atoms. The van der Waals surface area contributed by atoms with Crippen molar-refractivity contribution < 1.29 is 4.79 Å². The number of hydrogen-bond donors (Lipinski definition) is 0. The number of nitrogens with zero attached hydrogens (tertiary/aromatic N) is 2. The quantitative estimate of drug-likeness (QED) is 0.840. The van der Waals surface area contributed by atoms with Crippen LogP contribution >= 0.6 is 27.7 Å². The summed E-state index contributed by atoms with van der Waals surface area (Å²) in [5, 5.41) is 0.00972. The van der Waals surface area contributed by atoms with Crippen LogP contribution in [0.4, 0.5) is 5.82 Å². The van der Waals surface area contributed by atoms with Crippen LogP contribution in [0, 0.1) is 0 Å². The third kappa shape index (κ3) is 2.53. The maximum absolute atomic E-state index is 12.1. The number of rotatable bonds is 2. The second-order valence-corrected chi connectivity index (χ2v) is 6.15. The van der Waals surface area contributed by atoms with Gasteiger partial charge in [-0.3, -0.25) is 9.69 Å². The van der Waals surface area contributed by atoms with Crippen LogP contribution in [-0.2, 0) is 4.79 Å². The van der Waals surface area contributed by atoms with Crippen molar-refractivity contribution in [2.45, 2.75) is 5.37 Å². The summed E-state index contributed by atoms with van der Waals surface area (Å²) in [7, 11) is 0. The molecule has 0 N–H and O–H groups in total. The Morgan fingerprint density at radius 2 is 2.00 bits per heavy atom. The number of hydrogen-bond acceptors (Lipinski definition) is 3. The molecule has 5 heteroatoms. The Morgan fingerprint density at radius 1 is 1.21 bits per heavy atom. The smallest absolute Gasteiger partial charge is 0.239 e. The van der Waals surface area contributed by atoms with Gasteiger partial charge in [0.2, 0.25) is 5.91 Å². The van der Waals surface area contributed by atoms with Gasteiger partial charge in [-0.15, -0.1) is 11.8 Å². The topological polar surface area (TPSA) is 33.2 Å². The van der Waals surface area contributed by atoms with E-state index in [1.165, 1.54) is 0 Å². The fraction of sp³-hybridized carbons (Fsp3) is 0.143. The Kier molecular flexibility index (Phi) is 3.57. The Labute approximate surface area is 124 Å². The molecule has 19 heavy (non-hydrogen) atoms. The number of carbonyl (C=O) groups is 1. The number of carbonyl (C=O) groups excluding carboxylic acids is 1. The molecule has 0 saturated carbocycles. The number of thioether (sulfide) groups is 1. The number of aromatic nitrogens is 1. The lowest BCUT2D eigenvalue weighted by Gasteiger charge is -2.23. The zero-order valence-corrected chi connectivity index (χ0v) is 12.4. The van der Waals surface area contributed by atoms with E-state index >= 15 is 0 Å². The van der Waals surface area contributed by atoms with Crippen LogP contribution in [0.1, 0.15) is 10.9 Å². The van der Waals surface area contributed by atoms with Crippen molar-refractivity contribution in [2.75, 3.05) is 10.7 Å². The van der Waals surface area contributed by atoms with Crippen LogP contribution in [0.15, 0.2) is 53.1 Å². The first kappa shape index (κ1) is 12.7. The van der Waals surface area contributed by atoms with Gasteiger partial charge in [-0.1, -0.05) is 34.1 Å². The average Bonchev–Trinajstić information content (AvgIpc) is 2.82. The average molecular weight is 335 g/mol. The van der Waals surface area contributed by atoms with Crippen LogP contribution in [0.25, 0.3) is 0 Å².